The molecule has 0 unspecified atom stereocenters. The molecule has 7 nitrogen and oxygen atoms in total. The van der Waals surface area contributed by atoms with Crippen LogP contribution < -0.4 is 23.7 Å². The van der Waals surface area contributed by atoms with Gasteiger partial charge in [-0.2, -0.15) is 0 Å². The molecule has 172 valence electrons. The summed E-state index contributed by atoms with van der Waals surface area (Å²) >= 11 is 0. The van der Waals surface area contributed by atoms with Crippen molar-refractivity contribution < 1.29 is 28.8 Å². The zero-order valence-electron chi connectivity index (χ0n) is 19.3. The van der Waals surface area contributed by atoms with Gasteiger partial charge in [0.25, 0.3) is 0 Å². The SMILES string of the molecule is COc1ccc(-c2[nH]c3cccc(OC)c3c2Cc2cc(OC)c(OC)c(OC)c2)cc1O. The molecule has 0 radical (unpaired) electrons. The number of nitrogens with one attached hydrogen (secondary N) is 1. The highest BCUT2D eigenvalue weighted by Crippen LogP contribution is 2.42. The van der Waals surface area contributed by atoms with Crippen LogP contribution in [0, 0.1) is 0 Å². The predicted octanol–water partition coefficient (Wildman–Crippen LogP) is 5.17. The van der Waals surface area contributed by atoms with Crippen LogP contribution in [0.1, 0.15) is 11.1 Å². The van der Waals surface area contributed by atoms with Gasteiger partial charge in [0, 0.05) is 22.9 Å². The van der Waals surface area contributed by atoms with Gasteiger partial charge in [-0.05, 0) is 53.6 Å². The van der Waals surface area contributed by atoms with Crippen LogP contribution in [0.15, 0.2) is 48.5 Å². The Hall–Kier alpha value is -4.00. The van der Waals surface area contributed by atoms with Crippen molar-refractivity contribution in [2.45, 2.75) is 6.42 Å². The van der Waals surface area contributed by atoms with E-state index >= 15 is 0 Å². The highest BCUT2D eigenvalue weighted by Gasteiger charge is 2.20. The highest BCUT2D eigenvalue weighted by atomic mass is 16.5. The van der Waals surface area contributed by atoms with E-state index in [1.165, 1.54) is 7.11 Å². The smallest absolute Gasteiger partial charge is 0.203 e. The van der Waals surface area contributed by atoms with Crippen LogP contribution in [0.3, 0.4) is 0 Å². The van der Waals surface area contributed by atoms with Gasteiger partial charge in [-0.15, -0.1) is 0 Å². The molecule has 0 fully saturated rings. The van der Waals surface area contributed by atoms with E-state index in [1.807, 2.05) is 36.4 Å². The summed E-state index contributed by atoms with van der Waals surface area (Å²) in [5.74, 6) is 2.96. The molecular formula is C26H27NO6. The minimum absolute atomic E-state index is 0.0688. The van der Waals surface area contributed by atoms with Crippen LogP contribution in [0.2, 0.25) is 0 Å². The van der Waals surface area contributed by atoms with E-state index in [9.17, 15) is 5.11 Å². The van der Waals surface area contributed by atoms with Gasteiger partial charge < -0.3 is 33.8 Å². The number of aromatic nitrogens is 1. The second-order valence-electron chi connectivity index (χ2n) is 7.46. The molecule has 1 aromatic heterocycles. The molecule has 0 aliphatic carbocycles. The van der Waals surface area contributed by atoms with Gasteiger partial charge in [0.15, 0.2) is 23.0 Å². The van der Waals surface area contributed by atoms with Crippen LogP contribution >= 0.6 is 0 Å². The Morgan fingerprint density at radius 1 is 0.727 bits per heavy atom. The lowest BCUT2D eigenvalue weighted by atomic mass is 9.97. The predicted molar refractivity (Wildman–Crippen MR) is 127 cm³/mol. The molecule has 0 saturated heterocycles. The lowest BCUT2D eigenvalue weighted by molar-refractivity contribution is 0.324. The van der Waals surface area contributed by atoms with Crippen molar-refractivity contribution in [2.24, 2.45) is 0 Å². The molecular weight excluding hydrogens is 422 g/mol. The molecule has 4 aromatic rings. The quantitative estimate of drug-likeness (QED) is 0.386. The third kappa shape index (κ3) is 3.98. The molecule has 2 N–H and O–H groups in total. The molecule has 0 aliphatic heterocycles. The van der Waals surface area contributed by atoms with Crippen LogP contribution in [0.5, 0.6) is 34.5 Å². The normalized spacial score (nSPS) is 10.8. The minimum atomic E-state index is 0.0688. The van der Waals surface area contributed by atoms with Gasteiger partial charge in [-0.3, -0.25) is 0 Å². The van der Waals surface area contributed by atoms with Crippen molar-refractivity contribution >= 4 is 10.9 Å². The molecule has 7 heteroatoms. The van der Waals surface area contributed by atoms with Crippen molar-refractivity contribution in [3.63, 3.8) is 0 Å². The Morgan fingerprint density at radius 3 is 1.97 bits per heavy atom. The Labute approximate surface area is 192 Å². The number of hydrogen-bond donors (Lipinski definition) is 2. The molecule has 1 heterocycles. The number of H-pyrrole nitrogens is 1. The Morgan fingerprint density at radius 2 is 1.39 bits per heavy atom. The molecule has 0 bridgehead atoms. The second kappa shape index (κ2) is 9.24. The molecule has 0 aliphatic rings. The Balaban J connectivity index is 1.93. The van der Waals surface area contributed by atoms with E-state index in [1.54, 1.807) is 40.6 Å². The fraction of sp³-hybridized carbons (Fsp3) is 0.231. The van der Waals surface area contributed by atoms with Crippen molar-refractivity contribution in [3.8, 4) is 45.8 Å². The number of methoxy groups -OCH3 is 5. The first kappa shape index (κ1) is 22.2. The number of aromatic hydroxyl groups is 1. The first-order chi connectivity index (χ1) is 16.0. The number of aromatic amines is 1. The lowest BCUT2D eigenvalue weighted by Crippen LogP contribution is -1.98. The monoisotopic (exact) mass is 449 g/mol. The third-order valence-electron chi connectivity index (χ3n) is 5.68. The fourth-order valence-electron chi connectivity index (χ4n) is 4.16. The van der Waals surface area contributed by atoms with Crippen LogP contribution in [0.4, 0.5) is 0 Å². The Kier molecular flexibility index (Phi) is 6.22. The molecule has 0 amide bonds. The fourth-order valence-corrected chi connectivity index (χ4v) is 4.16. The maximum Gasteiger partial charge on any atom is 0.203 e. The van der Waals surface area contributed by atoms with Gasteiger partial charge in [-0.25, -0.2) is 0 Å². The summed E-state index contributed by atoms with van der Waals surface area (Å²) in [4.78, 5) is 3.50. The Bertz CT molecular complexity index is 1270. The molecule has 33 heavy (non-hydrogen) atoms. The van der Waals surface area contributed by atoms with E-state index in [2.05, 4.69) is 4.98 Å². The van der Waals surface area contributed by atoms with E-state index in [4.69, 9.17) is 23.7 Å². The van der Waals surface area contributed by atoms with Gasteiger partial charge in [-0.1, -0.05) is 6.07 Å². The average Bonchev–Trinajstić information content (AvgIpc) is 3.21. The van der Waals surface area contributed by atoms with Crippen molar-refractivity contribution in [1.29, 1.82) is 0 Å². The third-order valence-corrected chi connectivity index (χ3v) is 5.68. The largest absolute Gasteiger partial charge is 0.504 e. The number of fused-ring (bicyclic) bond motifs is 1. The first-order valence-electron chi connectivity index (χ1n) is 10.4. The van der Waals surface area contributed by atoms with Crippen molar-refractivity contribution in [1.82, 2.24) is 4.98 Å². The zero-order chi connectivity index (χ0) is 23.5. The van der Waals surface area contributed by atoms with E-state index < -0.39 is 0 Å². The number of ether oxygens (including phenoxy) is 5. The highest BCUT2D eigenvalue weighted by molar-refractivity contribution is 5.96. The van der Waals surface area contributed by atoms with E-state index in [0.717, 1.165) is 39.0 Å². The van der Waals surface area contributed by atoms with Gasteiger partial charge in [0.2, 0.25) is 5.75 Å². The summed E-state index contributed by atoms with van der Waals surface area (Å²) in [6.07, 6.45) is 0.555. The van der Waals surface area contributed by atoms with Gasteiger partial charge in [0.1, 0.15) is 5.75 Å². The standard InChI is InChI=1S/C26H27NO6/c1-29-20-10-9-16(14-19(20)28)25-17(24-18(27-25)7-6-8-21(24)30-2)11-15-12-22(31-3)26(33-5)23(13-15)32-4/h6-10,12-14,27-28H,11H2,1-5H3. The number of rotatable bonds is 8. The number of phenols is 1. The molecule has 3 aromatic carbocycles. The molecule has 4 rings (SSSR count). The van der Waals surface area contributed by atoms with Gasteiger partial charge >= 0.3 is 0 Å². The summed E-state index contributed by atoms with van der Waals surface area (Å²) in [7, 11) is 7.96. The maximum atomic E-state index is 10.4. The molecule has 0 saturated carbocycles. The minimum Gasteiger partial charge on any atom is -0.504 e. The summed E-state index contributed by atoms with van der Waals surface area (Å²) in [6, 6.07) is 15.1. The van der Waals surface area contributed by atoms with Crippen molar-refractivity contribution in [2.75, 3.05) is 35.5 Å². The van der Waals surface area contributed by atoms with Crippen molar-refractivity contribution in [3.05, 3.63) is 59.7 Å². The second-order valence-corrected chi connectivity index (χ2v) is 7.46. The van der Waals surface area contributed by atoms with Gasteiger partial charge in [0.05, 0.1) is 41.2 Å². The maximum absolute atomic E-state index is 10.4. The summed E-state index contributed by atoms with van der Waals surface area (Å²) < 4.78 is 27.4. The molecule has 0 spiro atoms. The van der Waals surface area contributed by atoms with E-state index in [0.29, 0.717) is 29.4 Å². The summed E-state index contributed by atoms with van der Waals surface area (Å²) in [6.45, 7) is 0. The number of hydrogen-bond acceptors (Lipinski definition) is 6. The number of benzene rings is 3. The average molecular weight is 450 g/mol. The lowest BCUT2D eigenvalue weighted by Gasteiger charge is -2.15. The topological polar surface area (TPSA) is 82.2 Å². The first-order valence-corrected chi connectivity index (χ1v) is 10.4. The van der Waals surface area contributed by atoms with E-state index in [-0.39, 0.29) is 5.75 Å². The zero-order valence-corrected chi connectivity index (χ0v) is 19.3. The molecule has 0 atom stereocenters. The number of phenolic OH excluding ortho intramolecular Hbond substituents is 1. The summed E-state index contributed by atoms with van der Waals surface area (Å²) in [5, 5.41) is 11.4. The van der Waals surface area contributed by atoms with Crippen LogP contribution in [0.25, 0.3) is 22.2 Å². The van der Waals surface area contributed by atoms with Crippen LogP contribution in [-0.2, 0) is 6.42 Å². The van der Waals surface area contributed by atoms with Crippen LogP contribution in [-0.4, -0.2) is 45.6 Å². The summed E-state index contributed by atoms with van der Waals surface area (Å²) in [5.41, 5.74) is 4.62.